The van der Waals surface area contributed by atoms with Crippen LogP contribution in [0.15, 0.2) is 35.2 Å². The van der Waals surface area contributed by atoms with Crippen molar-refractivity contribution in [3.63, 3.8) is 0 Å². The number of benzene rings is 1. The van der Waals surface area contributed by atoms with Crippen molar-refractivity contribution in [3.8, 4) is 0 Å². The lowest BCUT2D eigenvalue weighted by molar-refractivity contribution is -0.135. The molecule has 4 heteroatoms. The number of nitrogens with zero attached hydrogens (tertiary/aromatic N) is 2. The lowest BCUT2D eigenvalue weighted by atomic mass is 10.1. The van der Waals surface area contributed by atoms with Gasteiger partial charge in [-0.1, -0.05) is 31.0 Å². The first-order valence-corrected chi connectivity index (χ1v) is 8.80. The summed E-state index contributed by atoms with van der Waals surface area (Å²) in [6.07, 6.45) is 4.65. The molecular weight excluding hydrogens is 280 g/mol. The van der Waals surface area contributed by atoms with Gasteiger partial charge in [0.15, 0.2) is 0 Å². The molecule has 0 radical (unpaired) electrons. The lowest BCUT2D eigenvalue weighted by Gasteiger charge is -2.29. The van der Waals surface area contributed by atoms with Gasteiger partial charge in [-0.3, -0.25) is 9.69 Å². The molecule has 0 saturated carbocycles. The average Bonchev–Trinajstić information content (AvgIpc) is 2.72. The minimum atomic E-state index is 0.0826. The van der Waals surface area contributed by atoms with Crippen molar-refractivity contribution in [1.82, 2.24) is 9.80 Å². The molecule has 0 spiro atoms. The van der Waals surface area contributed by atoms with E-state index in [2.05, 4.69) is 36.2 Å². The molecule has 1 amide bonds. The van der Waals surface area contributed by atoms with Crippen LogP contribution in [0.1, 0.15) is 25.7 Å². The number of likely N-dealkylation sites (N-methyl/N-ethyl adjacent to an activating group) is 2. The van der Waals surface area contributed by atoms with Gasteiger partial charge in [-0.25, -0.2) is 0 Å². The van der Waals surface area contributed by atoms with Crippen LogP contribution in [0.3, 0.4) is 0 Å². The van der Waals surface area contributed by atoms with E-state index in [1.54, 1.807) is 0 Å². The van der Waals surface area contributed by atoms with E-state index < -0.39 is 0 Å². The van der Waals surface area contributed by atoms with Crippen LogP contribution in [0.25, 0.3) is 0 Å². The number of hydrogen-bond donors (Lipinski definition) is 0. The highest BCUT2D eigenvalue weighted by molar-refractivity contribution is 7.99. The number of carbonyl (C=O) groups is 1. The molecule has 1 aliphatic rings. The Labute approximate surface area is 132 Å². The summed E-state index contributed by atoms with van der Waals surface area (Å²) in [4.78, 5) is 18.0. The summed E-state index contributed by atoms with van der Waals surface area (Å²) in [6, 6.07) is 10.5. The molecule has 1 heterocycles. The van der Waals surface area contributed by atoms with Crippen LogP contribution in [0, 0.1) is 0 Å². The van der Waals surface area contributed by atoms with Crippen molar-refractivity contribution >= 4 is 17.7 Å². The average molecular weight is 306 g/mol. The molecule has 21 heavy (non-hydrogen) atoms. The van der Waals surface area contributed by atoms with E-state index in [1.807, 2.05) is 29.8 Å². The first-order valence-electron chi connectivity index (χ1n) is 7.81. The second kappa shape index (κ2) is 8.44. The molecule has 0 bridgehead atoms. The summed E-state index contributed by atoms with van der Waals surface area (Å²) < 4.78 is 0. The fraction of sp³-hybridized carbons (Fsp3) is 0.588. The highest BCUT2D eigenvalue weighted by Gasteiger charge is 2.26. The maximum Gasteiger partial charge on any atom is 0.239 e. The van der Waals surface area contributed by atoms with Gasteiger partial charge in [-0.05, 0) is 38.6 Å². The smallest absolute Gasteiger partial charge is 0.239 e. The van der Waals surface area contributed by atoms with Gasteiger partial charge in [-0.2, -0.15) is 0 Å². The second-order valence-corrected chi connectivity index (χ2v) is 6.94. The van der Waals surface area contributed by atoms with Crippen molar-refractivity contribution < 1.29 is 4.79 Å². The van der Waals surface area contributed by atoms with Gasteiger partial charge < -0.3 is 4.90 Å². The first kappa shape index (κ1) is 16.4. The van der Waals surface area contributed by atoms with E-state index >= 15 is 0 Å². The minimum absolute atomic E-state index is 0.0826. The van der Waals surface area contributed by atoms with E-state index in [-0.39, 0.29) is 11.9 Å². The largest absolute Gasteiger partial charge is 0.344 e. The van der Waals surface area contributed by atoms with Gasteiger partial charge in [0, 0.05) is 24.2 Å². The van der Waals surface area contributed by atoms with Gasteiger partial charge in [0.25, 0.3) is 0 Å². The predicted molar refractivity (Wildman–Crippen MR) is 89.7 cm³/mol. The summed E-state index contributed by atoms with van der Waals surface area (Å²) in [6.45, 7) is 1.85. The number of rotatable bonds is 5. The molecule has 1 fully saturated rings. The molecule has 1 aromatic rings. The summed E-state index contributed by atoms with van der Waals surface area (Å²) in [5, 5.41) is 0. The Hall–Kier alpha value is -1.00. The van der Waals surface area contributed by atoms with Gasteiger partial charge >= 0.3 is 0 Å². The van der Waals surface area contributed by atoms with Gasteiger partial charge in [0.05, 0.1) is 6.04 Å². The Kier molecular flexibility index (Phi) is 6.58. The zero-order chi connectivity index (χ0) is 15.1. The molecule has 0 unspecified atom stereocenters. The van der Waals surface area contributed by atoms with Gasteiger partial charge in [0.1, 0.15) is 0 Å². The highest BCUT2D eigenvalue weighted by atomic mass is 32.2. The Bertz CT molecular complexity index is 438. The van der Waals surface area contributed by atoms with Gasteiger partial charge in [0.2, 0.25) is 5.91 Å². The lowest BCUT2D eigenvalue weighted by Crippen LogP contribution is -2.46. The minimum Gasteiger partial charge on any atom is -0.344 e. The van der Waals surface area contributed by atoms with Crippen LogP contribution >= 0.6 is 11.8 Å². The molecule has 3 nitrogen and oxygen atoms in total. The molecule has 2 rings (SSSR count). The van der Waals surface area contributed by atoms with Crippen LogP contribution in [0.5, 0.6) is 0 Å². The fourth-order valence-electron chi connectivity index (χ4n) is 2.75. The van der Waals surface area contributed by atoms with E-state index in [0.717, 1.165) is 25.3 Å². The van der Waals surface area contributed by atoms with Crippen molar-refractivity contribution in [1.29, 1.82) is 0 Å². The Morgan fingerprint density at radius 3 is 2.81 bits per heavy atom. The van der Waals surface area contributed by atoms with Gasteiger partial charge in [-0.15, -0.1) is 11.8 Å². The zero-order valence-corrected chi connectivity index (χ0v) is 13.9. The van der Waals surface area contributed by atoms with Crippen LogP contribution in [0.2, 0.25) is 0 Å². The number of thioether (sulfide) groups is 1. The topological polar surface area (TPSA) is 23.6 Å². The Morgan fingerprint density at radius 1 is 1.29 bits per heavy atom. The quantitative estimate of drug-likeness (QED) is 0.781. The number of likely N-dealkylation sites (tertiary alicyclic amines) is 1. The molecule has 1 aliphatic heterocycles. The third-order valence-electron chi connectivity index (χ3n) is 4.12. The standard InChI is InChI=1S/C17H26N2OS/c1-18-12-8-4-7-11-16(18)17(20)19(2)13-14-21-15-9-5-3-6-10-15/h3,5-6,9-10,16H,4,7-8,11-14H2,1-2H3/t16-/m1/s1. The maximum atomic E-state index is 12.6. The number of carbonyl (C=O) groups excluding carboxylic acids is 1. The number of amides is 1. The monoisotopic (exact) mass is 306 g/mol. The third-order valence-corrected chi connectivity index (χ3v) is 5.11. The van der Waals surface area contributed by atoms with E-state index in [9.17, 15) is 4.79 Å². The summed E-state index contributed by atoms with van der Waals surface area (Å²) in [5.74, 6) is 1.23. The first-order chi connectivity index (χ1) is 10.2. The second-order valence-electron chi connectivity index (χ2n) is 5.77. The molecule has 1 saturated heterocycles. The van der Waals surface area contributed by atoms with Crippen molar-refractivity contribution in [3.05, 3.63) is 30.3 Å². The number of hydrogen-bond acceptors (Lipinski definition) is 3. The summed E-state index contributed by atoms with van der Waals surface area (Å²) >= 11 is 1.81. The molecule has 0 aromatic heterocycles. The summed E-state index contributed by atoms with van der Waals surface area (Å²) in [7, 11) is 4.02. The molecular formula is C17H26N2OS. The summed E-state index contributed by atoms with van der Waals surface area (Å²) in [5.41, 5.74) is 0. The Balaban J connectivity index is 1.79. The maximum absolute atomic E-state index is 12.6. The third kappa shape index (κ3) is 5.04. The normalized spacial score (nSPS) is 20.0. The Morgan fingerprint density at radius 2 is 2.05 bits per heavy atom. The van der Waals surface area contributed by atoms with Crippen molar-refractivity contribution in [2.45, 2.75) is 36.6 Å². The molecule has 0 N–H and O–H groups in total. The van der Waals surface area contributed by atoms with Crippen LogP contribution in [-0.2, 0) is 4.79 Å². The molecule has 1 aromatic carbocycles. The zero-order valence-electron chi connectivity index (χ0n) is 13.1. The van der Waals surface area contributed by atoms with Crippen molar-refractivity contribution in [2.24, 2.45) is 0 Å². The van der Waals surface area contributed by atoms with Crippen molar-refractivity contribution in [2.75, 3.05) is 32.9 Å². The van der Waals surface area contributed by atoms with E-state index in [0.29, 0.717) is 0 Å². The van der Waals surface area contributed by atoms with Crippen LogP contribution in [0.4, 0.5) is 0 Å². The molecule has 116 valence electrons. The predicted octanol–water partition coefficient (Wildman–Crippen LogP) is 3.11. The fourth-order valence-corrected chi connectivity index (χ4v) is 3.70. The van der Waals surface area contributed by atoms with Crippen LogP contribution in [-0.4, -0.2) is 54.7 Å². The molecule has 0 aliphatic carbocycles. The van der Waals surface area contributed by atoms with E-state index in [4.69, 9.17) is 0 Å². The molecule has 1 atom stereocenters. The SMILES string of the molecule is CN(CCSc1ccccc1)C(=O)[C@H]1CCCCCN1C. The van der Waals surface area contributed by atoms with Crippen LogP contribution < -0.4 is 0 Å². The highest BCUT2D eigenvalue weighted by Crippen LogP contribution is 2.19. The van der Waals surface area contributed by atoms with E-state index in [1.165, 1.54) is 24.2 Å².